The molecule has 1 N–H and O–H groups in total. The summed E-state index contributed by atoms with van der Waals surface area (Å²) in [6.45, 7) is 9.13. The van der Waals surface area contributed by atoms with Crippen molar-refractivity contribution in [3.63, 3.8) is 0 Å². The molecule has 0 aliphatic rings. The number of ketones is 2. The van der Waals surface area contributed by atoms with Crippen LogP contribution in [-0.4, -0.2) is 21.8 Å². The molecule has 0 aliphatic heterocycles. The lowest BCUT2D eigenvalue weighted by Gasteiger charge is -2.10. The van der Waals surface area contributed by atoms with Gasteiger partial charge in [-0.05, 0) is 52.3 Å². The number of carbonyl (C=O) groups excluding carboxylic acids is 2. The van der Waals surface area contributed by atoms with Crippen molar-refractivity contribution in [3.8, 4) is 0 Å². The molecule has 2 rings (SSSR count). The zero-order valence-corrected chi connectivity index (χ0v) is 14.4. The third-order valence-electron chi connectivity index (χ3n) is 3.74. The number of hydrogen-bond acceptors (Lipinski definition) is 3. The lowest BCUT2D eigenvalue weighted by molar-refractivity contribution is 0.0988. The number of carbonyl (C=O) groups is 2. The average molecular weight is 315 g/mol. The monoisotopic (exact) mass is 315 g/mol. The first-order valence-electron chi connectivity index (χ1n) is 7.29. The molecular weight excluding hydrogens is 294 g/mol. The van der Waals surface area contributed by atoms with E-state index in [9.17, 15) is 9.59 Å². The van der Waals surface area contributed by atoms with Gasteiger partial charge in [0.25, 0.3) is 0 Å². The number of benzene rings is 1. The molecule has 0 saturated heterocycles. The predicted molar refractivity (Wildman–Crippen MR) is 91.1 cm³/mol. The van der Waals surface area contributed by atoms with E-state index in [1.54, 1.807) is 0 Å². The van der Waals surface area contributed by atoms with E-state index in [0.29, 0.717) is 11.3 Å². The van der Waals surface area contributed by atoms with Crippen LogP contribution in [0.3, 0.4) is 0 Å². The second-order valence-corrected chi connectivity index (χ2v) is 7.03. The highest BCUT2D eigenvalue weighted by Gasteiger charge is 2.24. The van der Waals surface area contributed by atoms with E-state index in [4.69, 9.17) is 0 Å². The molecule has 1 aromatic heterocycles. The van der Waals surface area contributed by atoms with Crippen molar-refractivity contribution in [2.45, 2.75) is 44.8 Å². The first kappa shape index (κ1) is 16.6. The van der Waals surface area contributed by atoms with Gasteiger partial charge in [0.1, 0.15) is 0 Å². The van der Waals surface area contributed by atoms with Gasteiger partial charge in [0.05, 0.1) is 10.9 Å². The molecule has 0 amide bonds. The zero-order chi connectivity index (χ0) is 16.4. The number of hydrogen-bond donors (Lipinski definition) is 1. The van der Waals surface area contributed by atoms with Gasteiger partial charge in [0.15, 0.2) is 11.6 Å². The molecule has 1 unspecified atom stereocenters. The molecule has 1 atom stereocenters. The van der Waals surface area contributed by atoms with Crippen LogP contribution >= 0.6 is 11.8 Å². The molecule has 0 saturated carbocycles. The summed E-state index contributed by atoms with van der Waals surface area (Å²) in [4.78, 5) is 28.5. The van der Waals surface area contributed by atoms with Crippen molar-refractivity contribution in [2.24, 2.45) is 0 Å². The minimum Gasteiger partial charge on any atom is -0.355 e. The summed E-state index contributed by atoms with van der Waals surface area (Å²) >= 11 is 1.53. The number of aromatic nitrogens is 1. The molecule has 0 aliphatic carbocycles. The van der Waals surface area contributed by atoms with Crippen LogP contribution in [0.1, 0.15) is 51.5 Å². The maximum absolute atomic E-state index is 12.7. The van der Waals surface area contributed by atoms with Crippen molar-refractivity contribution >= 4 is 23.3 Å². The molecule has 0 spiro atoms. The second-order valence-electron chi connectivity index (χ2n) is 5.62. The van der Waals surface area contributed by atoms with Crippen LogP contribution < -0.4 is 0 Å². The quantitative estimate of drug-likeness (QED) is 0.652. The fraction of sp³-hybridized carbons (Fsp3) is 0.333. The minimum absolute atomic E-state index is 0.0101. The summed E-state index contributed by atoms with van der Waals surface area (Å²) in [5.74, 6) is 0.0165. The van der Waals surface area contributed by atoms with E-state index >= 15 is 0 Å². The van der Waals surface area contributed by atoms with Crippen molar-refractivity contribution < 1.29 is 9.59 Å². The Bertz CT molecular complexity index is 713. The number of rotatable bonds is 5. The Labute approximate surface area is 135 Å². The molecule has 3 nitrogen and oxygen atoms in total. The third kappa shape index (κ3) is 3.33. The summed E-state index contributed by atoms with van der Waals surface area (Å²) in [5.41, 5.74) is 3.91. The largest absolute Gasteiger partial charge is 0.355 e. The summed E-state index contributed by atoms with van der Waals surface area (Å²) in [6, 6.07) is 8.13. The van der Waals surface area contributed by atoms with Crippen LogP contribution in [0.15, 0.2) is 29.2 Å². The van der Waals surface area contributed by atoms with Gasteiger partial charge in [-0.1, -0.05) is 17.7 Å². The highest BCUT2D eigenvalue weighted by atomic mass is 32.2. The standard InChI is InChI=1S/C18H21NO2S/c1-10-6-8-15(9-7-10)22-14(5)18(21)17-11(2)16(13(4)20)12(3)19-17/h6-9,14,19H,1-5H3. The van der Waals surface area contributed by atoms with Crippen LogP contribution in [-0.2, 0) is 0 Å². The lowest BCUT2D eigenvalue weighted by atomic mass is 10.0. The summed E-state index contributed by atoms with van der Waals surface area (Å²) in [7, 11) is 0. The smallest absolute Gasteiger partial charge is 0.192 e. The Balaban J connectivity index is 2.22. The number of thioether (sulfide) groups is 1. The molecular formula is C18H21NO2S. The summed E-state index contributed by atoms with van der Waals surface area (Å²) < 4.78 is 0. The van der Waals surface area contributed by atoms with Gasteiger partial charge in [0, 0.05) is 16.2 Å². The number of nitrogens with one attached hydrogen (secondary N) is 1. The van der Waals surface area contributed by atoms with Crippen LogP contribution in [0.5, 0.6) is 0 Å². The zero-order valence-electron chi connectivity index (χ0n) is 13.6. The Kier molecular flexibility index (Phi) is 4.91. The fourth-order valence-electron chi connectivity index (χ4n) is 2.60. The van der Waals surface area contributed by atoms with Crippen molar-refractivity contribution in [1.29, 1.82) is 0 Å². The molecule has 4 heteroatoms. The van der Waals surface area contributed by atoms with E-state index < -0.39 is 0 Å². The maximum atomic E-state index is 12.7. The SMILES string of the molecule is CC(=O)c1c(C)[nH]c(C(=O)C(C)Sc2ccc(C)cc2)c1C. The topological polar surface area (TPSA) is 49.9 Å². The molecule has 22 heavy (non-hydrogen) atoms. The van der Waals surface area contributed by atoms with Crippen LogP contribution in [0, 0.1) is 20.8 Å². The number of Topliss-reactive ketones (excluding diaryl/α,β-unsaturated/α-hetero) is 2. The van der Waals surface area contributed by atoms with Gasteiger partial charge in [-0.25, -0.2) is 0 Å². The normalized spacial score (nSPS) is 12.2. The number of H-pyrrole nitrogens is 1. The van der Waals surface area contributed by atoms with Crippen LogP contribution in [0.4, 0.5) is 0 Å². The minimum atomic E-state index is -0.209. The Morgan fingerprint density at radius 2 is 1.68 bits per heavy atom. The van der Waals surface area contributed by atoms with E-state index in [1.165, 1.54) is 24.2 Å². The Morgan fingerprint density at radius 1 is 1.09 bits per heavy atom. The van der Waals surface area contributed by atoms with Gasteiger partial charge >= 0.3 is 0 Å². The second kappa shape index (κ2) is 6.53. The van der Waals surface area contributed by atoms with Gasteiger partial charge in [0.2, 0.25) is 0 Å². The molecule has 0 radical (unpaired) electrons. The molecule has 0 fully saturated rings. The van der Waals surface area contributed by atoms with Crippen molar-refractivity contribution in [3.05, 3.63) is 52.3 Å². The lowest BCUT2D eigenvalue weighted by Crippen LogP contribution is -2.15. The maximum Gasteiger partial charge on any atom is 0.192 e. The van der Waals surface area contributed by atoms with Gasteiger partial charge in [-0.15, -0.1) is 11.8 Å². The third-order valence-corrected chi connectivity index (χ3v) is 4.85. The predicted octanol–water partition coefficient (Wildman–Crippen LogP) is 4.51. The molecule has 2 aromatic rings. The van der Waals surface area contributed by atoms with Crippen molar-refractivity contribution in [1.82, 2.24) is 4.98 Å². The van der Waals surface area contributed by atoms with E-state index in [0.717, 1.165) is 16.2 Å². The average Bonchev–Trinajstić information content (AvgIpc) is 2.75. The summed E-state index contributed by atoms with van der Waals surface area (Å²) in [5, 5.41) is -0.209. The first-order valence-corrected chi connectivity index (χ1v) is 8.17. The van der Waals surface area contributed by atoms with Gasteiger partial charge in [-0.2, -0.15) is 0 Å². The van der Waals surface area contributed by atoms with E-state index in [1.807, 2.05) is 52.0 Å². The number of aromatic amines is 1. The van der Waals surface area contributed by atoms with Crippen LogP contribution in [0.2, 0.25) is 0 Å². The van der Waals surface area contributed by atoms with E-state index in [-0.39, 0.29) is 16.8 Å². The highest BCUT2D eigenvalue weighted by molar-refractivity contribution is 8.00. The number of aryl methyl sites for hydroxylation is 2. The molecule has 116 valence electrons. The van der Waals surface area contributed by atoms with Gasteiger partial charge < -0.3 is 4.98 Å². The van der Waals surface area contributed by atoms with E-state index in [2.05, 4.69) is 4.98 Å². The van der Waals surface area contributed by atoms with Crippen molar-refractivity contribution in [2.75, 3.05) is 0 Å². The molecule has 1 heterocycles. The van der Waals surface area contributed by atoms with Crippen LogP contribution in [0.25, 0.3) is 0 Å². The Hall–Kier alpha value is -1.81. The molecule has 0 bridgehead atoms. The summed E-state index contributed by atoms with van der Waals surface area (Å²) in [6.07, 6.45) is 0. The Morgan fingerprint density at radius 3 is 2.18 bits per heavy atom. The fourth-order valence-corrected chi connectivity index (χ4v) is 3.53. The first-order chi connectivity index (χ1) is 10.3. The van der Waals surface area contributed by atoms with Gasteiger partial charge in [-0.3, -0.25) is 9.59 Å². The highest BCUT2D eigenvalue weighted by Crippen LogP contribution is 2.28. The molecule has 1 aromatic carbocycles.